The largest absolute Gasteiger partial charge is 0.472 e. The van der Waals surface area contributed by atoms with Gasteiger partial charge in [-0.15, -0.1) is 0 Å². The third kappa shape index (κ3) is 4.57. The molecule has 4 aromatic heterocycles. The van der Waals surface area contributed by atoms with Gasteiger partial charge in [0.1, 0.15) is 42.1 Å². The van der Waals surface area contributed by atoms with Crippen molar-refractivity contribution in [2.45, 2.75) is 56.2 Å². The van der Waals surface area contributed by atoms with Crippen LogP contribution >= 0.6 is 15.6 Å². The summed E-state index contributed by atoms with van der Waals surface area (Å²) in [7, 11) is -10.1. The van der Waals surface area contributed by atoms with Gasteiger partial charge in [0.15, 0.2) is 35.0 Å². The number of nitrogens with one attached hydrogen (secondary N) is 1. The molecule has 8 rings (SSSR count). The number of nitrogens with two attached hydrogens (primary N) is 1. The van der Waals surface area contributed by atoms with Crippen molar-refractivity contribution < 1.29 is 51.2 Å². The molecule has 4 fully saturated rings. The lowest BCUT2D eigenvalue weighted by molar-refractivity contribution is -0.0663. The predicted octanol–water partition coefficient (Wildman–Crippen LogP) is 0.0255. The topological polar surface area (TPSA) is 274 Å². The van der Waals surface area contributed by atoms with Gasteiger partial charge in [0, 0.05) is 5.41 Å². The van der Waals surface area contributed by atoms with E-state index >= 15 is 4.39 Å². The van der Waals surface area contributed by atoms with E-state index in [1.165, 1.54) is 21.8 Å². The number of anilines is 1. The Morgan fingerprint density at radius 2 is 1.80 bits per heavy atom. The summed E-state index contributed by atoms with van der Waals surface area (Å²) >= 11 is 0. The van der Waals surface area contributed by atoms with E-state index < -0.39 is 88.6 Å². The fraction of sp³-hybridized carbons (Fsp3) is 0.565. The van der Waals surface area contributed by atoms with Gasteiger partial charge in [0.2, 0.25) is 0 Å². The number of aliphatic hydroxyl groups excluding tert-OH is 1. The van der Waals surface area contributed by atoms with Gasteiger partial charge in [0.05, 0.1) is 31.9 Å². The molecule has 11 atom stereocenters. The molecule has 2 aliphatic heterocycles. The molecule has 6 N–H and O–H groups in total. The van der Waals surface area contributed by atoms with Crippen LogP contribution in [0.1, 0.15) is 24.5 Å². The van der Waals surface area contributed by atoms with Crippen LogP contribution in [0.15, 0.2) is 23.8 Å². The average Bonchev–Trinajstić information content (AvgIpc) is 3.25. The van der Waals surface area contributed by atoms with Crippen LogP contribution in [-0.2, 0) is 32.0 Å². The maximum atomic E-state index is 16.0. The monoisotopic (exact) mass is 685 g/mol. The zero-order chi connectivity index (χ0) is 32.3. The summed E-state index contributed by atoms with van der Waals surface area (Å²) in [6.45, 7) is 0.138. The van der Waals surface area contributed by atoms with Gasteiger partial charge in [-0.05, 0) is 19.3 Å². The first-order valence-corrected chi connectivity index (χ1v) is 16.9. The number of nitrogen functional groups attached to an aromatic ring is 1. The Labute approximate surface area is 255 Å². The number of nitrogens with zero attached hydrogens (tertiary/aromatic N) is 7. The Hall–Kier alpha value is -3.23. The van der Waals surface area contributed by atoms with Crippen LogP contribution in [0, 0.1) is 18.3 Å². The van der Waals surface area contributed by atoms with Crippen LogP contribution in [0.4, 0.5) is 10.2 Å². The SMILES string of the molecule is Cc1nc2c(ncn2[C@H]2[C@H](O)[C@@H]3OP(=O)(O)OC[C@H]4O[C@@H](n5cnc6c(N)ncnc65)[C@H](F)[C@@H]4OP(=O)(O)OC[C@@]34C[C@H]24)c(=O)[nH]1. The number of hydrogen-bond acceptors (Lipinski definition) is 15. The zero-order valence-electron chi connectivity index (χ0n) is 23.6. The van der Waals surface area contributed by atoms with E-state index in [0.717, 1.165) is 6.33 Å². The Morgan fingerprint density at radius 1 is 1.07 bits per heavy atom. The highest BCUT2D eigenvalue weighted by atomic mass is 31.2. The maximum absolute atomic E-state index is 16.0. The Kier molecular flexibility index (Phi) is 6.64. The van der Waals surface area contributed by atoms with Crippen molar-refractivity contribution in [3.8, 4) is 0 Å². The van der Waals surface area contributed by atoms with Crippen molar-refractivity contribution in [2.75, 3.05) is 18.9 Å². The number of alkyl halides is 1. The second-order valence-corrected chi connectivity index (χ2v) is 14.5. The highest BCUT2D eigenvalue weighted by molar-refractivity contribution is 7.47. The second kappa shape index (κ2) is 10.1. The fourth-order valence-electron chi connectivity index (χ4n) is 6.89. The van der Waals surface area contributed by atoms with E-state index in [1.807, 2.05) is 0 Å². The molecule has 6 heterocycles. The highest BCUT2D eigenvalue weighted by Crippen LogP contribution is 2.72. The number of ether oxygens (including phenoxy) is 1. The van der Waals surface area contributed by atoms with Crippen LogP contribution < -0.4 is 11.3 Å². The molecule has 246 valence electrons. The molecule has 2 aliphatic carbocycles. The molecule has 20 nitrogen and oxygen atoms in total. The van der Waals surface area contributed by atoms with E-state index in [0.29, 0.717) is 0 Å². The standard InChI is InChI=1S/C23H26FN9O11P2/c1-8-30-20-13(21(35)31-8)29-6-32(20)14-9-2-23(9)4-41-46(38,39)43-16-10(3-40-45(36,37)44-17(23)15(14)34)42-22(11(16)24)33-7-28-12-18(25)26-5-27-19(12)33/h5-7,9-11,14-17,22,34H,2-4H2,1H3,(H,36,37)(H,38,39)(H2,25,26,27)(H,30,31,35)/t9-,10-,11-,14-,15+,16-,17+,22-,23-/m1/s1. The summed E-state index contributed by atoms with van der Waals surface area (Å²) in [6.07, 6.45) is -6.20. The van der Waals surface area contributed by atoms with Crippen molar-refractivity contribution in [1.29, 1.82) is 0 Å². The van der Waals surface area contributed by atoms with E-state index in [9.17, 15) is 28.8 Å². The highest BCUT2D eigenvalue weighted by Gasteiger charge is 2.74. The summed E-state index contributed by atoms with van der Waals surface area (Å²) in [6, 6.07) is -0.891. The Morgan fingerprint density at radius 3 is 2.61 bits per heavy atom. The molecule has 4 aliphatic rings. The number of aromatic amines is 1. The Bertz CT molecular complexity index is 2040. The summed E-state index contributed by atoms with van der Waals surface area (Å²) in [5.41, 5.74) is 4.43. The van der Waals surface area contributed by atoms with Gasteiger partial charge in [-0.3, -0.25) is 27.5 Å². The lowest BCUT2D eigenvalue weighted by atomic mass is 10.0. The van der Waals surface area contributed by atoms with Gasteiger partial charge < -0.3 is 34.9 Å². The molecular weight excluding hydrogens is 659 g/mol. The molecule has 23 heteroatoms. The number of aliphatic hydroxyl groups is 1. The van der Waals surface area contributed by atoms with Crippen LogP contribution in [-0.4, -0.2) is 97.7 Å². The van der Waals surface area contributed by atoms with Crippen LogP contribution in [0.2, 0.25) is 0 Å². The molecule has 0 aromatic carbocycles. The fourth-order valence-corrected chi connectivity index (χ4v) is 8.93. The van der Waals surface area contributed by atoms with Crippen LogP contribution in [0.25, 0.3) is 22.3 Å². The normalized spacial score (nSPS) is 41.1. The first-order chi connectivity index (χ1) is 21.8. The van der Waals surface area contributed by atoms with E-state index in [-0.39, 0.29) is 40.4 Å². The minimum absolute atomic E-state index is 0.00482. The van der Waals surface area contributed by atoms with E-state index in [1.54, 1.807) is 6.92 Å². The number of aryl methyl sites for hydroxylation is 1. The number of fused-ring (bicyclic) bond motifs is 3. The second-order valence-electron chi connectivity index (χ2n) is 11.7. The third-order valence-corrected chi connectivity index (χ3v) is 11.0. The minimum Gasteiger partial charge on any atom is -0.388 e. The molecule has 1 spiro atoms. The van der Waals surface area contributed by atoms with E-state index in [2.05, 4.69) is 29.9 Å². The maximum Gasteiger partial charge on any atom is 0.472 e. The molecule has 2 saturated carbocycles. The van der Waals surface area contributed by atoms with Crippen molar-refractivity contribution in [1.82, 2.24) is 39.0 Å². The van der Waals surface area contributed by atoms with Crippen molar-refractivity contribution in [3.05, 3.63) is 35.2 Å². The first kappa shape index (κ1) is 30.1. The predicted molar refractivity (Wildman–Crippen MR) is 148 cm³/mol. The molecule has 0 amide bonds. The minimum atomic E-state index is -5.05. The molecular formula is C23H26FN9O11P2. The Balaban J connectivity index is 1.11. The lowest BCUT2D eigenvalue weighted by Crippen LogP contribution is -2.39. The van der Waals surface area contributed by atoms with Crippen molar-refractivity contribution in [3.63, 3.8) is 0 Å². The van der Waals surface area contributed by atoms with Gasteiger partial charge in [0.25, 0.3) is 5.56 Å². The summed E-state index contributed by atoms with van der Waals surface area (Å²) in [5, 5.41) is 11.5. The average molecular weight is 685 g/mol. The number of rotatable bonds is 2. The van der Waals surface area contributed by atoms with Crippen molar-refractivity contribution >= 4 is 43.8 Å². The number of aromatic nitrogens is 8. The molecule has 2 saturated heterocycles. The summed E-state index contributed by atoms with van der Waals surface area (Å²) < 4.78 is 72.2. The molecule has 0 bridgehead atoms. The van der Waals surface area contributed by atoms with Crippen LogP contribution in [0.3, 0.4) is 0 Å². The zero-order valence-corrected chi connectivity index (χ0v) is 25.3. The summed E-state index contributed by atoms with van der Waals surface area (Å²) in [4.78, 5) is 56.9. The van der Waals surface area contributed by atoms with E-state index in [4.69, 9.17) is 28.6 Å². The lowest BCUT2D eigenvalue weighted by Gasteiger charge is -2.31. The molecule has 4 aromatic rings. The quantitative estimate of drug-likeness (QED) is 0.174. The number of hydrogen-bond donors (Lipinski definition) is 5. The first-order valence-electron chi connectivity index (χ1n) is 13.9. The molecule has 0 radical (unpaired) electrons. The van der Waals surface area contributed by atoms with Gasteiger partial charge in [-0.2, -0.15) is 0 Å². The van der Waals surface area contributed by atoms with Crippen LogP contribution in [0.5, 0.6) is 0 Å². The molecule has 46 heavy (non-hydrogen) atoms. The smallest absolute Gasteiger partial charge is 0.388 e. The number of halogens is 1. The van der Waals surface area contributed by atoms with Gasteiger partial charge in [-0.25, -0.2) is 38.4 Å². The number of H-pyrrole nitrogens is 1. The number of imidazole rings is 2. The molecule has 2 unspecified atom stereocenters. The van der Waals surface area contributed by atoms with Crippen molar-refractivity contribution in [2.24, 2.45) is 11.3 Å². The number of phosphoric ester groups is 2. The van der Waals surface area contributed by atoms with Gasteiger partial charge >= 0.3 is 15.6 Å². The number of phosphoric acid groups is 2. The third-order valence-electron chi connectivity index (χ3n) is 9.02. The summed E-state index contributed by atoms with van der Waals surface area (Å²) in [5.74, 6) is -0.252. The van der Waals surface area contributed by atoms with Gasteiger partial charge in [-0.1, -0.05) is 0 Å².